The van der Waals surface area contributed by atoms with Crippen LogP contribution in [0.5, 0.6) is 11.5 Å². The molecule has 1 spiro atoms. The van der Waals surface area contributed by atoms with Crippen LogP contribution in [-0.4, -0.2) is 60.4 Å². The van der Waals surface area contributed by atoms with Gasteiger partial charge in [0.1, 0.15) is 11.6 Å². The minimum absolute atomic E-state index is 0.158. The van der Waals surface area contributed by atoms with E-state index in [9.17, 15) is 9.90 Å². The van der Waals surface area contributed by atoms with Gasteiger partial charge in [0.2, 0.25) is 0 Å². The molecule has 5 nitrogen and oxygen atoms in total. The minimum atomic E-state index is -0.516. The van der Waals surface area contributed by atoms with Gasteiger partial charge in [0.05, 0.1) is 26.1 Å². The predicted molar refractivity (Wildman–Crippen MR) is 101 cm³/mol. The molecule has 1 aromatic rings. The van der Waals surface area contributed by atoms with Crippen LogP contribution in [0.2, 0.25) is 0 Å². The van der Waals surface area contributed by atoms with Crippen molar-refractivity contribution in [2.75, 3.05) is 27.2 Å². The van der Waals surface area contributed by atoms with Crippen LogP contribution in [0.25, 0.3) is 0 Å². The Kier molecular flexibility index (Phi) is 3.55. The molecule has 4 atom stereocenters. The first-order valence-corrected chi connectivity index (χ1v) is 10.4. The summed E-state index contributed by atoms with van der Waals surface area (Å²) in [6, 6.07) is 4.06. The molecule has 1 aromatic carbocycles. The maximum Gasteiger partial charge on any atom is 0.174 e. The van der Waals surface area contributed by atoms with Crippen molar-refractivity contribution in [3.05, 3.63) is 23.3 Å². The van der Waals surface area contributed by atoms with E-state index in [-0.39, 0.29) is 11.5 Å². The number of rotatable bonds is 4. The molecular weight excluding hydrogens is 342 g/mol. The van der Waals surface area contributed by atoms with Gasteiger partial charge in [-0.2, -0.15) is 0 Å². The van der Waals surface area contributed by atoms with Gasteiger partial charge in [-0.1, -0.05) is 19.4 Å². The number of carbonyl (C=O) groups is 1. The lowest BCUT2D eigenvalue weighted by atomic mass is 9.48. The van der Waals surface area contributed by atoms with Crippen molar-refractivity contribution >= 4 is 5.78 Å². The first kappa shape index (κ1) is 17.5. The number of phenols is 1. The second kappa shape index (κ2) is 5.48. The van der Waals surface area contributed by atoms with E-state index in [1.165, 1.54) is 5.56 Å². The van der Waals surface area contributed by atoms with Gasteiger partial charge in [-0.05, 0) is 24.5 Å². The van der Waals surface area contributed by atoms with Crippen LogP contribution in [0.15, 0.2) is 12.1 Å². The number of phenolic OH excluding ortho intramolecular Hbond substituents is 1. The molecule has 146 valence electrons. The number of aromatic hydroxyl groups is 1. The van der Waals surface area contributed by atoms with Gasteiger partial charge in [-0.3, -0.25) is 4.79 Å². The van der Waals surface area contributed by atoms with Gasteiger partial charge in [-0.15, -0.1) is 0 Å². The van der Waals surface area contributed by atoms with E-state index >= 15 is 0 Å². The van der Waals surface area contributed by atoms with Crippen LogP contribution in [-0.2, 0) is 21.4 Å². The van der Waals surface area contributed by atoms with Crippen molar-refractivity contribution in [2.24, 2.45) is 0 Å². The molecule has 0 radical (unpaired) electrons. The summed E-state index contributed by atoms with van der Waals surface area (Å²) in [5.74, 6) is 0.867. The zero-order valence-corrected chi connectivity index (χ0v) is 16.6. The average Bonchev–Trinajstić information content (AvgIpc) is 3.00. The highest BCUT2D eigenvalue weighted by Gasteiger charge is 2.77. The van der Waals surface area contributed by atoms with Gasteiger partial charge in [-0.25, -0.2) is 0 Å². The van der Waals surface area contributed by atoms with Crippen LogP contribution in [0.4, 0.5) is 0 Å². The number of hydrogen-bond donors (Lipinski definition) is 1. The monoisotopic (exact) mass is 372 g/mol. The van der Waals surface area contributed by atoms with Crippen LogP contribution in [0, 0.1) is 0 Å². The molecule has 2 bridgehead atoms. The molecule has 27 heavy (non-hydrogen) atoms. The molecule has 2 fully saturated rings. The Morgan fingerprint density at radius 1 is 1.33 bits per heavy atom. The fourth-order valence-corrected chi connectivity index (χ4v) is 6.61. The molecule has 1 N–H and O–H groups in total. The molecule has 5 rings (SSSR count). The van der Waals surface area contributed by atoms with E-state index in [4.69, 9.17) is 9.47 Å². The first-order chi connectivity index (χ1) is 12.9. The summed E-state index contributed by atoms with van der Waals surface area (Å²) in [6.07, 6.45) is 4.63. The summed E-state index contributed by atoms with van der Waals surface area (Å²) in [5, 5.41) is 10.5. The van der Waals surface area contributed by atoms with E-state index in [0.29, 0.717) is 18.2 Å². The number of hydrogen-bond acceptors (Lipinski definition) is 4. The summed E-state index contributed by atoms with van der Waals surface area (Å²) in [6.45, 7) is 3.89. The van der Waals surface area contributed by atoms with E-state index in [0.717, 1.165) is 55.3 Å². The number of Topliss-reactive ketones (excluding diaryl/α,β-unsaturated/α-hetero) is 1. The maximum absolute atomic E-state index is 13.0. The van der Waals surface area contributed by atoms with Crippen molar-refractivity contribution in [3.8, 4) is 11.5 Å². The van der Waals surface area contributed by atoms with Crippen LogP contribution < -0.4 is 4.74 Å². The lowest BCUT2D eigenvalue weighted by Crippen LogP contribution is -2.80. The number of nitrogens with zero attached hydrogens (tertiary/aromatic N) is 1. The molecule has 0 amide bonds. The lowest BCUT2D eigenvalue weighted by molar-refractivity contribution is -0.931. The van der Waals surface area contributed by atoms with Crippen molar-refractivity contribution in [3.63, 3.8) is 0 Å². The Bertz CT molecular complexity index is 819. The summed E-state index contributed by atoms with van der Waals surface area (Å²) < 4.78 is 14.0. The maximum atomic E-state index is 13.0. The van der Waals surface area contributed by atoms with Gasteiger partial charge in [0.25, 0.3) is 0 Å². The van der Waals surface area contributed by atoms with Crippen LogP contribution in [0.3, 0.4) is 0 Å². The topological polar surface area (TPSA) is 55.8 Å². The molecule has 2 aliphatic heterocycles. The van der Waals surface area contributed by atoms with Crippen LogP contribution >= 0.6 is 0 Å². The molecule has 2 heterocycles. The highest BCUT2D eigenvalue weighted by molar-refractivity contribution is 5.90. The van der Waals surface area contributed by atoms with Crippen molar-refractivity contribution < 1.29 is 23.9 Å². The molecule has 3 unspecified atom stereocenters. The van der Waals surface area contributed by atoms with E-state index in [1.807, 2.05) is 6.07 Å². The molecule has 4 aliphatic rings. The van der Waals surface area contributed by atoms with E-state index < -0.39 is 17.1 Å². The third kappa shape index (κ3) is 1.94. The zero-order valence-electron chi connectivity index (χ0n) is 16.6. The molecule has 1 saturated carbocycles. The molecule has 1 saturated heterocycles. The van der Waals surface area contributed by atoms with Crippen molar-refractivity contribution in [1.82, 2.24) is 0 Å². The van der Waals surface area contributed by atoms with Gasteiger partial charge >= 0.3 is 0 Å². The Hall–Kier alpha value is -1.59. The number of quaternary nitrogens is 1. The summed E-state index contributed by atoms with van der Waals surface area (Å²) in [5.41, 5.74) is 1.46. The second-order valence-corrected chi connectivity index (χ2v) is 9.45. The SMILES string of the molecule is CCCCOC12CCC(=O)C3Oc4c(O)ccc5c4[C@@]31CC[N+](C)(C)C2C5. The first-order valence-electron chi connectivity index (χ1n) is 10.4. The number of benzene rings is 1. The number of likely N-dealkylation sites (N-methyl/N-ethyl adjacent to an activating group) is 1. The summed E-state index contributed by atoms with van der Waals surface area (Å²) >= 11 is 0. The number of ketones is 1. The number of carbonyl (C=O) groups excluding carboxylic acids is 1. The summed E-state index contributed by atoms with van der Waals surface area (Å²) in [4.78, 5) is 13.0. The van der Waals surface area contributed by atoms with Gasteiger partial charge in [0.15, 0.2) is 23.4 Å². The molecular formula is C22H30NO4+. The fourth-order valence-electron chi connectivity index (χ4n) is 6.61. The number of unbranched alkanes of at least 4 members (excludes halogenated alkanes) is 1. The quantitative estimate of drug-likeness (QED) is 0.652. The Morgan fingerprint density at radius 2 is 2.15 bits per heavy atom. The summed E-state index contributed by atoms with van der Waals surface area (Å²) in [7, 11) is 4.60. The van der Waals surface area contributed by atoms with E-state index in [2.05, 4.69) is 21.0 Å². The molecule has 2 aliphatic carbocycles. The van der Waals surface area contributed by atoms with E-state index in [1.54, 1.807) is 6.07 Å². The number of piperidine rings is 1. The number of ether oxygens (including phenoxy) is 2. The molecule has 5 heteroatoms. The van der Waals surface area contributed by atoms with Crippen LogP contribution in [0.1, 0.15) is 50.2 Å². The minimum Gasteiger partial charge on any atom is -0.504 e. The normalized spacial score (nSPS) is 37.7. The third-order valence-electron chi connectivity index (χ3n) is 7.88. The largest absolute Gasteiger partial charge is 0.504 e. The predicted octanol–water partition coefficient (Wildman–Crippen LogP) is 2.71. The third-order valence-corrected chi connectivity index (χ3v) is 7.88. The van der Waals surface area contributed by atoms with Gasteiger partial charge < -0.3 is 19.1 Å². The Balaban J connectivity index is 1.77. The zero-order chi connectivity index (χ0) is 19.0. The second-order valence-electron chi connectivity index (χ2n) is 9.45. The Labute approximate surface area is 160 Å². The fraction of sp³-hybridized carbons (Fsp3) is 0.682. The van der Waals surface area contributed by atoms with Crippen molar-refractivity contribution in [1.29, 1.82) is 0 Å². The van der Waals surface area contributed by atoms with Gasteiger partial charge in [0, 0.05) is 31.4 Å². The van der Waals surface area contributed by atoms with Crippen molar-refractivity contribution in [2.45, 2.75) is 68.6 Å². The Morgan fingerprint density at radius 3 is 2.93 bits per heavy atom. The highest BCUT2D eigenvalue weighted by atomic mass is 16.5. The molecule has 0 aromatic heterocycles. The standard InChI is InChI=1S/C22H29NO4/c1-4-5-12-26-22-9-8-16(25)20-21(22)10-11-23(2,3)17(22)13-14-6-7-15(24)19(27-20)18(14)21/h6-7,17,20H,4-5,8-13H2,1-3H3/p+1/t17?,20?,21-,22?/m0/s1. The number of likely N-dealkylation sites (tertiary alicyclic amines) is 1. The average molecular weight is 372 g/mol. The highest BCUT2D eigenvalue weighted by Crippen LogP contribution is 2.66. The smallest absolute Gasteiger partial charge is 0.174 e. The lowest BCUT2D eigenvalue weighted by Gasteiger charge is -2.65.